The molecule has 26 heavy (non-hydrogen) atoms. The van der Waals surface area contributed by atoms with E-state index in [0.717, 1.165) is 25.3 Å². The highest BCUT2D eigenvalue weighted by Crippen LogP contribution is 2.21. The second-order valence-corrected chi connectivity index (χ2v) is 7.89. The Morgan fingerprint density at radius 3 is 2.69 bits per heavy atom. The molecule has 1 aliphatic heterocycles. The maximum absolute atomic E-state index is 12.7. The molecule has 2 heterocycles. The molecular formula is C15H20F3N3O4S. The van der Waals surface area contributed by atoms with Crippen molar-refractivity contribution in [2.24, 2.45) is 0 Å². The number of alkyl halides is 3. The summed E-state index contributed by atoms with van der Waals surface area (Å²) in [6.45, 7) is -0.870. The number of piperidine rings is 1. The van der Waals surface area contributed by atoms with Crippen molar-refractivity contribution in [3.05, 3.63) is 23.9 Å². The standard InChI is InChI=1S/C15H20F3N3O4S/c1-26(23,24)20-9-12-4-2-3-7-21(12)14(22)11-5-6-13(19-8-11)25-10-15(16,17)18/h5-6,8,12,20H,2-4,7,9-10H2,1H3. The number of aromatic nitrogens is 1. The second kappa shape index (κ2) is 8.21. The number of ether oxygens (including phenoxy) is 1. The third kappa shape index (κ3) is 6.45. The Balaban J connectivity index is 2.03. The number of hydrogen-bond acceptors (Lipinski definition) is 5. The SMILES string of the molecule is CS(=O)(=O)NCC1CCCCN1C(=O)c1ccc(OCC(F)(F)F)nc1. The van der Waals surface area contributed by atoms with Crippen molar-refractivity contribution in [1.82, 2.24) is 14.6 Å². The van der Waals surface area contributed by atoms with Crippen LogP contribution in [0.1, 0.15) is 29.6 Å². The molecule has 146 valence electrons. The molecule has 1 saturated heterocycles. The molecule has 0 aliphatic carbocycles. The molecule has 1 N–H and O–H groups in total. The van der Waals surface area contributed by atoms with E-state index >= 15 is 0 Å². The number of carbonyl (C=O) groups is 1. The van der Waals surface area contributed by atoms with Gasteiger partial charge in [-0.15, -0.1) is 0 Å². The molecule has 1 atom stereocenters. The van der Waals surface area contributed by atoms with Crippen molar-refractivity contribution in [2.45, 2.75) is 31.5 Å². The number of likely N-dealkylation sites (tertiary alicyclic amines) is 1. The van der Waals surface area contributed by atoms with Gasteiger partial charge in [0.1, 0.15) is 0 Å². The number of rotatable bonds is 6. The Morgan fingerprint density at radius 1 is 1.38 bits per heavy atom. The van der Waals surface area contributed by atoms with E-state index in [1.807, 2.05) is 0 Å². The number of nitrogens with one attached hydrogen (secondary N) is 1. The van der Waals surface area contributed by atoms with Crippen LogP contribution in [-0.4, -0.2) is 62.4 Å². The van der Waals surface area contributed by atoms with Crippen molar-refractivity contribution in [2.75, 3.05) is 26.0 Å². The highest BCUT2D eigenvalue weighted by atomic mass is 32.2. The van der Waals surface area contributed by atoms with Crippen LogP contribution >= 0.6 is 0 Å². The molecule has 7 nitrogen and oxygen atoms in total. The van der Waals surface area contributed by atoms with Crippen LogP contribution in [0.3, 0.4) is 0 Å². The van der Waals surface area contributed by atoms with Crippen LogP contribution in [0.5, 0.6) is 5.88 Å². The first-order valence-corrected chi connectivity index (χ1v) is 9.85. The van der Waals surface area contributed by atoms with Gasteiger partial charge in [-0.1, -0.05) is 0 Å². The van der Waals surface area contributed by atoms with Crippen LogP contribution in [-0.2, 0) is 10.0 Å². The molecule has 0 bridgehead atoms. The molecule has 1 aliphatic rings. The Morgan fingerprint density at radius 2 is 2.12 bits per heavy atom. The molecule has 0 saturated carbocycles. The topological polar surface area (TPSA) is 88.6 Å². The van der Waals surface area contributed by atoms with Gasteiger partial charge in [0.05, 0.1) is 11.8 Å². The average molecular weight is 395 g/mol. The van der Waals surface area contributed by atoms with Gasteiger partial charge in [-0.3, -0.25) is 4.79 Å². The van der Waals surface area contributed by atoms with Gasteiger partial charge in [0.25, 0.3) is 5.91 Å². The van der Waals surface area contributed by atoms with Crippen LogP contribution in [0.2, 0.25) is 0 Å². The fourth-order valence-electron chi connectivity index (χ4n) is 2.64. The predicted octanol–water partition coefficient (Wildman–Crippen LogP) is 1.57. The Labute approximate surface area is 149 Å². The second-order valence-electron chi connectivity index (χ2n) is 6.06. The highest BCUT2D eigenvalue weighted by molar-refractivity contribution is 7.88. The van der Waals surface area contributed by atoms with Crippen molar-refractivity contribution >= 4 is 15.9 Å². The number of sulfonamides is 1. The zero-order valence-corrected chi connectivity index (χ0v) is 14.9. The van der Waals surface area contributed by atoms with Crippen LogP contribution in [0.4, 0.5) is 13.2 Å². The number of nitrogens with zero attached hydrogens (tertiary/aromatic N) is 2. The van der Waals surface area contributed by atoms with E-state index in [1.54, 1.807) is 4.90 Å². The number of pyridine rings is 1. The fourth-order valence-corrected chi connectivity index (χ4v) is 3.14. The smallest absolute Gasteiger partial charge is 0.422 e. The van der Waals surface area contributed by atoms with E-state index in [1.165, 1.54) is 12.1 Å². The lowest BCUT2D eigenvalue weighted by Gasteiger charge is -2.35. The van der Waals surface area contributed by atoms with Gasteiger partial charge in [0.15, 0.2) is 6.61 Å². The summed E-state index contributed by atoms with van der Waals surface area (Å²) in [6, 6.07) is 2.26. The average Bonchev–Trinajstić information content (AvgIpc) is 2.57. The van der Waals surface area contributed by atoms with Gasteiger partial charge in [-0.25, -0.2) is 18.1 Å². The van der Waals surface area contributed by atoms with E-state index in [2.05, 4.69) is 14.4 Å². The minimum absolute atomic E-state index is 0.116. The molecule has 0 radical (unpaired) electrons. The number of hydrogen-bond donors (Lipinski definition) is 1. The minimum atomic E-state index is -4.47. The predicted molar refractivity (Wildman–Crippen MR) is 87.3 cm³/mol. The first-order valence-electron chi connectivity index (χ1n) is 7.96. The van der Waals surface area contributed by atoms with E-state index in [0.29, 0.717) is 13.0 Å². The quantitative estimate of drug-likeness (QED) is 0.790. The van der Waals surface area contributed by atoms with Gasteiger partial charge >= 0.3 is 6.18 Å². The van der Waals surface area contributed by atoms with Crippen LogP contribution in [0.15, 0.2) is 18.3 Å². The van der Waals surface area contributed by atoms with E-state index in [4.69, 9.17) is 0 Å². The summed E-state index contributed by atoms with van der Waals surface area (Å²) in [5.74, 6) is -0.576. The zero-order valence-electron chi connectivity index (χ0n) is 14.1. The third-order valence-electron chi connectivity index (χ3n) is 3.84. The summed E-state index contributed by atoms with van der Waals surface area (Å²) >= 11 is 0. The van der Waals surface area contributed by atoms with Crippen molar-refractivity contribution in [3.63, 3.8) is 0 Å². The molecular weight excluding hydrogens is 375 g/mol. The Bertz CT molecular complexity index is 723. The van der Waals surface area contributed by atoms with Crippen molar-refractivity contribution < 1.29 is 31.1 Å². The third-order valence-corrected chi connectivity index (χ3v) is 4.53. The molecule has 1 fully saturated rings. The lowest BCUT2D eigenvalue weighted by molar-refractivity contribution is -0.154. The first-order chi connectivity index (χ1) is 12.1. The highest BCUT2D eigenvalue weighted by Gasteiger charge is 2.30. The first kappa shape index (κ1) is 20.4. The molecule has 0 aromatic carbocycles. The van der Waals surface area contributed by atoms with Crippen LogP contribution < -0.4 is 9.46 Å². The van der Waals surface area contributed by atoms with Gasteiger partial charge in [-0.2, -0.15) is 13.2 Å². The molecule has 1 amide bonds. The van der Waals surface area contributed by atoms with Crippen molar-refractivity contribution in [3.8, 4) is 5.88 Å². The lowest BCUT2D eigenvalue weighted by Crippen LogP contribution is -2.49. The normalized spacial score (nSPS) is 18.6. The monoisotopic (exact) mass is 395 g/mol. The van der Waals surface area contributed by atoms with Crippen molar-refractivity contribution in [1.29, 1.82) is 0 Å². The lowest BCUT2D eigenvalue weighted by atomic mass is 10.0. The molecule has 1 unspecified atom stereocenters. The summed E-state index contributed by atoms with van der Waals surface area (Å²) in [5, 5.41) is 0. The van der Waals surface area contributed by atoms with Crippen LogP contribution in [0, 0.1) is 0 Å². The molecule has 0 spiro atoms. The van der Waals surface area contributed by atoms with Gasteiger partial charge < -0.3 is 9.64 Å². The number of halogens is 3. The minimum Gasteiger partial charge on any atom is -0.468 e. The summed E-state index contributed by atoms with van der Waals surface area (Å²) in [5.41, 5.74) is 0.204. The number of amides is 1. The molecule has 1 aromatic heterocycles. The molecule has 11 heteroatoms. The summed E-state index contributed by atoms with van der Waals surface area (Å²) < 4.78 is 65.8. The molecule has 1 aromatic rings. The van der Waals surface area contributed by atoms with E-state index < -0.39 is 22.8 Å². The Hall–Kier alpha value is -1.88. The summed E-state index contributed by atoms with van der Waals surface area (Å²) in [7, 11) is -3.37. The fraction of sp³-hybridized carbons (Fsp3) is 0.600. The van der Waals surface area contributed by atoms with E-state index in [9.17, 15) is 26.4 Å². The largest absolute Gasteiger partial charge is 0.468 e. The maximum atomic E-state index is 12.7. The maximum Gasteiger partial charge on any atom is 0.422 e. The summed E-state index contributed by atoms with van der Waals surface area (Å²) in [6.07, 6.45) is 0.0667. The Kier molecular flexibility index (Phi) is 6.45. The van der Waals surface area contributed by atoms with E-state index in [-0.39, 0.29) is 29.9 Å². The van der Waals surface area contributed by atoms with Gasteiger partial charge in [-0.05, 0) is 25.3 Å². The number of carbonyl (C=O) groups excluding carboxylic acids is 1. The zero-order chi connectivity index (χ0) is 19.4. The van der Waals surface area contributed by atoms with Crippen LogP contribution in [0.25, 0.3) is 0 Å². The van der Waals surface area contributed by atoms with Gasteiger partial charge in [0, 0.05) is 31.4 Å². The molecule has 2 rings (SSSR count). The summed E-state index contributed by atoms with van der Waals surface area (Å²) in [4.78, 5) is 17.9. The van der Waals surface area contributed by atoms with Gasteiger partial charge in [0.2, 0.25) is 15.9 Å².